The Morgan fingerprint density at radius 1 is 1.41 bits per heavy atom. The lowest BCUT2D eigenvalue weighted by atomic mass is 10.1. The topological polar surface area (TPSA) is 46.2 Å². The smallest absolute Gasteiger partial charge is 0.296 e. The van der Waals surface area contributed by atoms with Gasteiger partial charge in [0.1, 0.15) is 0 Å². The molecule has 0 spiro atoms. The Morgan fingerprint density at radius 2 is 2.12 bits per heavy atom. The van der Waals surface area contributed by atoms with Crippen molar-refractivity contribution in [3.8, 4) is 0 Å². The van der Waals surface area contributed by atoms with Crippen molar-refractivity contribution < 1.29 is 9.59 Å². The van der Waals surface area contributed by atoms with Gasteiger partial charge in [-0.05, 0) is 34.5 Å². The van der Waals surface area contributed by atoms with Crippen LogP contribution in [0.5, 0.6) is 0 Å². The molecule has 0 bridgehead atoms. The molecular formula is C12H12BrNO2S. The number of fused-ring (bicyclic) bond motifs is 1. The van der Waals surface area contributed by atoms with Crippen LogP contribution in [-0.2, 0) is 4.79 Å². The van der Waals surface area contributed by atoms with Gasteiger partial charge in [0.25, 0.3) is 11.7 Å². The van der Waals surface area contributed by atoms with Crippen LogP contribution in [0.2, 0.25) is 0 Å². The van der Waals surface area contributed by atoms with Gasteiger partial charge in [0, 0.05) is 14.6 Å². The van der Waals surface area contributed by atoms with E-state index < -0.39 is 11.7 Å². The van der Waals surface area contributed by atoms with E-state index in [9.17, 15) is 9.59 Å². The molecule has 0 aromatic heterocycles. The summed E-state index contributed by atoms with van der Waals surface area (Å²) in [5.41, 5.74) is 1.07. The van der Waals surface area contributed by atoms with Gasteiger partial charge in [-0.25, -0.2) is 0 Å². The van der Waals surface area contributed by atoms with Crippen molar-refractivity contribution in [2.24, 2.45) is 0 Å². The summed E-state index contributed by atoms with van der Waals surface area (Å²) in [5.74, 6) is -1.00. The minimum Gasteiger partial charge on any atom is -0.318 e. The molecule has 0 fully saturated rings. The molecule has 1 N–H and O–H groups in total. The molecular weight excluding hydrogens is 302 g/mol. The van der Waals surface area contributed by atoms with Crippen molar-refractivity contribution >= 4 is 45.1 Å². The van der Waals surface area contributed by atoms with Crippen LogP contribution >= 0.6 is 27.7 Å². The lowest BCUT2D eigenvalue weighted by Crippen LogP contribution is -2.12. The van der Waals surface area contributed by atoms with E-state index in [4.69, 9.17) is 0 Å². The number of ketones is 1. The normalized spacial score (nSPS) is 15.7. The van der Waals surface area contributed by atoms with Crippen LogP contribution in [0.25, 0.3) is 0 Å². The van der Waals surface area contributed by atoms with Gasteiger partial charge in [-0.1, -0.05) is 13.8 Å². The van der Waals surface area contributed by atoms with Gasteiger partial charge in [-0.3, -0.25) is 9.59 Å². The first-order chi connectivity index (χ1) is 8.02. The summed E-state index contributed by atoms with van der Waals surface area (Å²) in [7, 11) is 0. The molecule has 1 atom stereocenters. The van der Waals surface area contributed by atoms with Crippen molar-refractivity contribution in [1.82, 2.24) is 0 Å². The summed E-state index contributed by atoms with van der Waals surface area (Å²) in [6.45, 7) is 4.28. The number of anilines is 1. The molecule has 1 amide bonds. The number of amides is 1. The maximum atomic E-state index is 11.5. The number of halogens is 1. The highest BCUT2D eigenvalue weighted by Gasteiger charge is 2.29. The number of hydrogen-bond donors (Lipinski definition) is 1. The summed E-state index contributed by atoms with van der Waals surface area (Å²) in [4.78, 5) is 23.8. The van der Waals surface area contributed by atoms with E-state index in [1.807, 2.05) is 6.07 Å². The highest BCUT2D eigenvalue weighted by Crippen LogP contribution is 2.37. The van der Waals surface area contributed by atoms with Crippen LogP contribution in [0, 0.1) is 0 Å². The van der Waals surface area contributed by atoms with E-state index >= 15 is 0 Å². The quantitative estimate of drug-likeness (QED) is 0.686. The zero-order chi connectivity index (χ0) is 12.6. The van der Waals surface area contributed by atoms with Crippen LogP contribution in [0.3, 0.4) is 0 Å². The minimum absolute atomic E-state index is 0.454. The van der Waals surface area contributed by atoms with Gasteiger partial charge >= 0.3 is 0 Å². The SMILES string of the molecule is CCC(C)Sc1cc2c(cc1Br)C(=O)C(=O)N2. The first-order valence-corrected chi connectivity index (χ1v) is 7.06. The van der Waals surface area contributed by atoms with Crippen LogP contribution in [0.15, 0.2) is 21.5 Å². The lowest BCUT2D eigenvalue weighted by molar-refractivity contribution is -0.112. The summed E-state index contributed by atoms with van der Waals surface area (Å²) in [5, 5.41) is 3.08. The van der Waals surface area contributed by atoms with E-state index in [2.05, 4.69) is 35.1 Å². The Kier molecular flexibility index (Phi) is 3.58. The van der Waals surface area contributed by atoms with Crippen molar-refractivity contribution in [2.75, 3.05) is 5.32 Å². The molecule has 3 nitrogen and oxygen atoms in total. The van der Waals surface area contributed by atoms with E-state index in [-0.39, 0.29) is 0 Å². The van der Waals surface area contributed by atoms with E-state index in [1.165, 1.54) is 0 Å². The molecule has 1 heterocycles. The summed E-state index contributed by atoms with van der Waals surface area (Å²) in [6.07, 6.45) is 1.07. The molecule has 0 radical (unpaired) electrons. The molecule has 0 aliphatic carbocycles. The molecule has 90 valence electrons. The molecule has 2 rings (SSSR count). The number of benzene rings is 1. The fourth-order valence-electron chi connectivity index (χ4n) is 1.54. The molecule has 17 heavy (non-hydrogen) atoms. The van der Waals surface area contributed by atoms with Gasteiger partial charge in [-0.2, -0.15) is 0 Å². The number of carbonyl (C=O) groups excluding carboxylic acids is 2. The zero-order valence-electron chi connectivity index (χ0n) is 9.54. The Hall–Kier alpha value is -0.810. The molecule has 1 aliphatic heterocycles. The van der Waals surface area contributed by atoms with Gasteiger partial charge in [0.15, 0.2) is 0 Å². The lowest BCUT2D eigenvalue weighted by Gasteiger charge is -2.11. The number of Topliss-reactive ketones (excluding diaryl/α,β-unsaturated/α-hetero) is 1. The van der Waals surface area contributed by atoms with Gasteiger partial charge < -0.3 is 5.32 Å². The second-order valence-electron chi connectivity index (χ2n) is 3.95. The first-order valence-electron chi connectivity index (χ1n) is 5.38. The predicted octanol–water partition coefficient (Wildman–Crippen LogP) is 3.47. The van der Waals surface area contributed by atoms with E-state index in [1.54, 1.807) is 17.8 Å². The largest absolute Gasteiger partial charge is 0.318 e. The minimum atomic E-state index is -0.544. The summed E-state index contributed by atoms with van der Waals surface area (Å²) < 4.78 is 0.867. The zero-order valence-corrected chi connectivity index (χ0v) is 11.9. The third kappa shape index (κ3) is 2.40. The van der Waals surface area contributed by atoms with Gasteiger partial charge in [-0.15, -0.1) is 11.8 Å². The Morgan fingerprint density at radius 3 is 2.76 bits per heavy atom. The monoisotopic (exact) mass is 313 g/mol. The second-order valence-corrected chi connectivity index (χ2v) is 6.28. The average Bonchev–Trinajstić information content (AvgIpc) is 2.56. The van der Waals surface area contributed by atoms with Crippen molar-refractivity contribution in [3.05, 3.63) is 22.2 Å². The number of carbonyl (C=O) groups is 2. The molecule has 5 heteroatoms. The third-order valence-electron chi connectivity index (χ3n) is 2.67. The molecule has 1 aliphatic rings. The van der Waals surface area contributed by atoms with Crippen LogP contribution in [0.1, 0.15) is 30.6 Å². The first kappa shape index (κ1) is 12.6. The summed E-state index contributed by atoms with van der Waals surface area (Å²) in [6, 6.07) is 3.58. The maximum Gasteiger partial charge on any atom is 0.296 e. The fourth-order valence-corrected chi connectivity index (χ4v) is 3.12. The van der Waals surface area contributed by atoms with Crippen LogP contribution in [0.4, 0.5) is 5.69 Å². The highest BCUT2D eigenvalue weighted by molar-refractivity contribution is 9.10. The average molecular weight is 314 g/mol. The van der Waals surface area contributed by atoms with Crippen LogP contribution < -0.4 is 5.32 Å². The standard InChI is InChI=1S/C12H12BrNO2S/c1-3-6(2)17-10-5-9-7(4-8(10)13)11(15)12(16)14-9/h4-6H,3H2,1-2H3,(H,14,15,16). The van der Waals surface area contributed by atoms with Crippen molar-refractivity contribution in [3.63, 3.8) is 0 Å². The highest BCUT2D eigenvalue weighted by atomic mass is 79.9. The maximum absolute atomic E-state index is 11.5. The Bertz CT molecular complexity index is 502. The van der Waals surface area contributed by atoms with E-state index in [0.717, 1.165) is 15.8 Å². The van der Waals surface area contributed by atoms with E-state index in [0.29, 0.717) is 16.5 Å². The Balaban J connectivity index is 2.36. The Labute approximate surface area is 112 Å². The molecule has 1 unspecified atom stereocenters. The number of nitrogens with one attached hydrogen (secondary N) is 1. The molecule has 0 saturated heterocycles. The number of thioether (sulfide) groups is 1. The third-order valence-corrected chi connectivity index (χ3v) is 4.92. The fraction of sp³-hybridized carbons (Fsp3) is 0.333. The second kappa shape index (κ2) is 4.82. The molecule has 1 aromatic carbocycles. The molecule has 1 aromatic rings. The predicted molar refractivity (Wildman–Crippen MR) is 72.7 cm³/mol. The number of rotatable bonds is 3. The van der Waals surface area contributed by atoms with Crippen molar-refractivity contribution in [2.45, 2.75) is 30.4 Å². The summed E-state index contributed by atoms with van der Waals surface area (Å²) >= 11 is 5.17. The van der Waals surface area contributed by atoms with Gasteiger partial charge in [0.2, 0.25) is 0 Å². The van der Waals surface area contributed by atoms with Crippen molar-refractivity contribution in [1.29, 1.82) is 0 Å². The van der Waals surface area contributed by atoms with Gasteiger partial charge in [0.05, 0.1) is 11.3 Å². The van der Waals surface area contributed by atoms with Crippen LogP contribution in [-0.4, -0.2) is 16.9 Å². The molecule has 0 saturated carbocycles. The number of hydrogen-bond acceptors (Lipinski definition) is 3.